The van der Waals surface area contributed by atoms with Crippen LogP contribution in [-0.2, 0) is 5.41 Å². The smallest absolute Gasteiger partial charge is 0.299 e. The predicted octanol–water partition coefficient (Wildman–Crippen LogP) is 2.22. The first-order valence-corrected chi connectivity index (χ1v) is 6.50. The SMILES string of the molecule is Cc1nc(C(=O)n2nc(C(C)(C)C)cc2N)cs1. The van der Waals surface area contributed by atoms with Gasteiger partial charge in [-0.2, -0.15) is 9.78 Å². The molecule has 6 heteroatoms. The number of aromatic nitrogens is 3. The molecule has 2 rings (SSSR count). The van der Waals surface area contributed by atoms with Gasteiger partial charge in [-0.25, -0.2) is 4.98 Å². The van der Waals surface area contributed by atoms with Crippen LogP contribution in [0.1, 0.15) is 42.0 Å². The Balaban J connectivity index is 2.40. The number of carbonyl (C=O) groups is 1. The molecule has 0 radical (unpaired) electrons. The van der Waals surface area contributed by atoms with Gasteiger partial charge in [0, 0.05) is 16.9 Å². The predicted molar refractivity (Wildman–Crippen MR) is 71.9 cm³/mol. The Labute approximate surface area is 110 Å². The molecule has 0 aliphatic carbocycles. The van der Waals surface area contributed by atoms with Gasteiger partial charge in [-0.05, 0) is 6.92 Å². The van der Waals surface area contributed by atoms with Gasteiger partial charge >= 0.3 is 0 Å². The molecule has 0 aliphatic heterocycles. The monoisotopic (exact) mass is 264 g/mol. The van der Waals surface area contributed by atoms with Gasteiger partial charge in [0.25, 0.3) is 5.91 Å². The third-order valence-electron chi connectivity index (χ3n) is 2.54. The lowest BCUT2D eigenvalue weighted by Gasteiger charge is -2.13. The molecule has 18 heavy (non-hydrogen) atoms. The topological polar surface area (TPSA) is 73.8 Å². The van der Waals surface area contributed by atoms with Gasteiger partial charge in [-0.3, -0.25) is 4.79 Å². The zero-order valence-corrected chi connectivity index (χ0v) is 11.7. The van der Waals surface area contributed by atoms with Crippen LogP contribution in [0.2, 0.25) is 0 Å². The summed E-state index contributed by atoms with van der Waals surface area (Å²) >= 11 is 1.43. The van der Waals surface area contributed by atoms with Crippen LogP contribution in [0, 0.1) is 6.92 Å². The average Bonchev–Trinajstić information content (AvgIpc) is 2.83. The first kappa shape index (κ1) is 12.8. The molecule has 0 spiro atoms. The molecular weight excluding hydrogens is 248 g/mol. The van der Waals surface area contributed by atoms with Gasteiger partial charge in [-0.1, -0.05) is 20.8 Å². The highest BCUT2D eigenvalue weighted by molar-refractivity contribution is 7.09. The first-order chi connectivity index (χ1) is 8.29. The minimum atomic E-state index is -0.285. The van der Waals surface area contributed by atoms with Gasteiger partial charge in [0.2, 0.25) is 0 Å². The van der Waals surface area contributed by atoms with Crippen LogP contribution < -0.4 is 5.73 Å². The van der Waals surface area contributed by atoms with Crippen molar-refractivity contribution >= 4 is 23.1 Å². The fraction of sp³-hybridized carbons (Fsp3) is 0.417. The first-order valence-electron chi connectivity index (χ1n) is 5.62. The lowest BCUT2D eigenvalue weighted by molar-refractivity contribution is 0.0942. The van der Waals surface area contributed by atoms with Crippen molar-refractivity contribution in [1.82, 2.24) is 14.8 Å². The molecule has 0 saturated heterocycles. The van der Waals surface area contributed by atoms with Crippen molar-refractivity contribution in [3.63, 3.8) is 0 Å². The summed E-state index contributed by atoms with van der Waals surface area (Å²) in [7, 11) is 0. The van der Waals surface area contributed by atoms with Crippen LogP contribution in [0.4, 0.5) is 5.82 Å². The highest BCUT2D eigenvalue weighted by atomic mass is 32.1. The summed E-state index contributed by atoms with van der Waals surface area (Å²) in [4.78, 5) is 16.3. The minimum absolute atomic E-state index is 0.141. The number of nitrogens with two attached hydrogens (primary N) is 1. The van der Waals surface area contributed by atoms with E-state index < -0.39 is 0 Å². The maximum absolute atomic E-state index is 12.2. The van der Waals surface area contributed by atoms with E-state index >= 15 is 0 Å². The van der Waals surface area contributed by atoms with Crippen LogP contribution in [0.5, 0.6) is 0 Å². The van der Waals surface area contributed by atoms with E-state index in [1.54, 1.807) is 11.4 Å². The standard InChI is InChI=1S/C12H16N4OS/c1-7-14-8(6-18-7)11(17)16-10(13)5-9(15-16)12(2,3)4/h5-6H,13H2,1-4H3. The Morgan fingerprint density at radius 3 is 2.56 bits per heavy atom. The van der Waals surface area contributed by atoms with Gasteiger partial charge in [0.05, 0.1) is 10.7 Å². The molecule has 2 N–H and O–H groups in total. The van der Waals surface area contributed by atoms with Crippen LogP contribution in [-0.4, -0.2) is 20.7 Å². The van der Waals surface area contributed by atoms with E-state index in [2.05, 4.69) is 10.1 Å². The average molecular weight is 264 g/mol. The molecule has 96 valence electrons. The molecule has 0 aromatic carbocycles. The molecule has 0 saturated carbocycles. The van der Waals surface area contributed by atoms with Crippen molar-refractivity contribution in [1.29, 1.82) is 0 Å². The molecule has 0 amide bonds. The fourth-order valence-electron chi connectivity index (χ4n) is 1.49. The van der Waals surface area contributed by atoms with E-state index in [0.717, 1.165) is 10.7 Å². The quantitative estimate of drug-likeness (QED) is 0.857. The summed E-state index contributed by atoms with van der Waals surface area (Å²) in [6, 6.07) is 1.73. The van der Waals surface area contributed by atoms with Gasteiger partial charge in [0.1, 0.15) is 11.5 Å². The Morgan fingerprint density at radius 1 is 1.44 bits per heavy atom. The third kappa shape index (κ3) is 2.28. The number of hydrogen-bond donors (Lipinski definition) is 1. The number of aryl methyl sites for hydroxylation is 1. The van der Waals surface area contributed by atoms with Crippen molar-refractivity contribution < 1.29 is 4.79 Å². The highest BCUT2D eigenvalue weighted by Gasteiger charge is 2.22. The van der Waals surface area contributed by atoms with Crippen molar-refractivity contribution in [2.24, 2.45) is 0 Å². The summed E-state index contributed by atoms with van der Waals surface area (Å²) in [5.74, 6) is 0.0583. The molecule has 2 aromatic heterocycles. The Morgan fingerprint density at radius 2 is 2.11 bits per heavy atom. The summed E-state index contributed by atoms with van der Waals surface area (Å²) < 4.78 is 1.22. The number of carbonyl (C=O) groups excluding carboxylic acids is 1. The van der Waals surface area contributed by atoms with E-state index in [4.69, 9.17) is 5.73 Å². The van der Waals surface area contributed by atoms with Crippen LogP contribution >= 0.6 is 11.3 Å². The summed E-state index contributed by atoms with van der Waals surface area (Å²) in [6.07, 6.45) is 0. The second-order valence-electron chi connectivity index (χ2n) is 5.17. The highest BCUT2D eigenvalue weighted by Crippen LogP contribution is 2.23. The van der Waals surface area contributed by atoms with E-state index in [1.807, 2.05) is 27.7 Å². The number of hydrogen-bond acceptors (Lipinski definition) is 5. The molecule has 0 bridgehead atoms. The maximum atomic E-state index is 12.2. The molecule has 0 fully saturated rings. The largest absolute Gasteiger partial charge is 0.383 e. The van der Waals surface area contributed by atoms with E-state index in [0.29, 0.717) is 11.5 Å². The molecule has 0 aliphatic rings. The minimum Gasteiger partial charge on any atom is -0.383 e. The van der Waals surface area contributed by atoms with Crippen molar-refractivity contribution in [3.8, 4) is 0 Å². The lowest BCUT2D eigenvalue weighted by Crippen LogP contribution is -2.18. The maximum Gasteiger partial charge on any atom is 0.299 e. The summed E-state index contributed by atoms with van der Waals surface area (Å²) in [5, 5.41) is 6.84. The van der Waals surface area contributed by atoms with Gasteiger partial charge in [-0.15, -0.1) is 11.3 Å². The van der Waals surface area contributed by atoms with E-state index in [-0.39, 0.29) is 11.3 Å². The van der Waals surface area contributed by atoms with Crippen LogP contribution in [0.15, 0.2) is 11.4 Å². The van der Waals surface area contributed by atoms with Crippen molar-refractivity contribution in [2.45, 2.75) is 33.1 Å². The number of thiazole rings is 1. The zero-order chi connectivity index (χ0) is 13.5. The van der Waals surface area contributed by atoms with Gasteiger partial charge < -0.3 is 5.73 Å². The molecule has 0 atom stereocenters. The second kappa shape index (κ2) is 4.20. The molecule has 2 heterocycles. The Kier molecular flexibility index (Phi) is 2.98. The summed E-state index contributed by atoms with van der Waals surface area (Å²) in [5.41, 5.74) is 6.87. The lowest BCUT2D eigenvalue weighted by atomic mass is 9.92. The van der Waals surface area contributed by atoms with Crippen molar-refractivity contribution in [2.75, 3.05) is 5.73 Å². The third-order valence-corrected chi connectivity index (χ3v) is 3.31. The summed E-state index contributed by atoms with van der Waals surface area (Å²) in [6.45, 7) is 7.93. The molecule has 0 unspecified atom stereocenters. The fourth-order valence-corrected chi connectivity index (χ4v) is 2.08. The Hall–Kier alpha value is -1.69. The second-order valence-corrected chi connectivity index (χ2v) is 6.24. The number of nitrogens with zero attached hydrogens (tertiary/aromatic N) is 3. The molecule has 5 nitrogen and oxygen atoms in total. The normalized spacial score (nSPS) is 11.8. The number of rotatable bonds is 1. The number of anilines is 1. The zero-order valence-electron chi connectivity index (χ0n) is 10.9. The Bertz CT molecular complexity index is 591. The van der Waals surface area contributed by atoms with Crippen molar-refractivity contribution in [3.05, 3.63) is 27.8 Å². The number of nitrogen functional groups attached to an aromatic ring is 1. The van der Waals surface area contributed by atoms with Crippen LogP contribution in [0.3, 0.4) is 0 Å². The van der Waals surface area contributed by atoms with E-state index in [9.17, 15) is 4.79 Å². The van der Waals surface area contributed by atoms with Gasteiger partial charge in [0.15, 0.2) is 0 Å². The van der Waals surface area contributed by atoms with E-state index in [1.165, 1.54) is 16.0 Å². The molecule has 2 aromatic rings. The van der Waals surface area contributed by atoms with Crippen LogP contribution in [0.25, 0.3) is 0 Å². The molecular formula is C12H16N4OS.